The van der Waals surface area contributed by atoms with Gasteiger partial charge >= 0.3 is 12.2 Å². The van der Waals surface area contributed by atoms with E-state index in [0.29, 0.717) is 39.0 Å². The number of nitrogens with one attached hydrogen (secondary N) is 2. The number of hydrogen-bond acceptors (Lipinski definition) is 7. The molecule has 4 N–H and O–H groups in total. The summed E-state index contributed by atoms with van der Waals surface area (Å²) in [6, 6.07) is 17.3. The molecular formula is C27H20ClF3N6O3S. The van der Waals surface area contributed by atoms with Crippen LogP contribution in [0.1, 0.15) is 16.7 Å². The van der Waals surface area contributed by atoms with Crippen LogP contribution in [0.5, 0.6) is 5.75 Å². The second kappa shape index (κ2) is 12.3. The first-order valence-corrected chi connectivity index (χ1v) is 13.0. The number of halogens is 4. The van der Waals surface area contributed by atoms with Crippen molar-refractivity contribution in [2.45, 2.75) is 17.1 Å². The number of carbonyl (C=O) groups is 1. The first kappa shape index (κ1) is 29.5. The standard InChI is InChI=1S/C27H20ClF3N6O3S/c1-40-19-4-2-3-16(11-19)23-20(13-32)24(38)36-25(35-23)41-14-15-5-7-17(8-6-15)34-26(39)37(33)18-9-10-22(28)21(12-18)27(29,30)31/h2-12H,14,33H2,1H3,(H,34,39)(H,35,36,38). The molecule has 0 fully saturated rings. The zero-order chi connectivity index (χ0) is 29.7. The predicted octanol–water partition coefficient (Wildman–Crippen LogP) is 6.19. The summed E-state index contributed by atoms with van der Waals surface area (Å²) in [4.78, 5) is 32.1. The quantitative estimate of drug-likeness (QED) is 0.0755. The summed E-state index contributed by atoms with van der Waals surface area (Å²) in [5.74, 6) is 6.67. The van der Waals surface area contributed by atoms with Crippen LogP contribution >= 0.6 is 23.4 Å². The lowest BCUT2D eigenvalue weighted by Crippen LogP contribution is -2.40. The lowest BCUT2D eigenvalue weighted by Gasteiger charge is -2.19. The van der Waals surface area contributed by atoms with Crippen LogP contribution in [-0.2, 0) is 11.9 Å². The van der Waals surface area contributed by atoms with E-state index in [2.05, 4.69) is 15.3 Å². The number of carbonyl (C=O) groups excluding carboxylic acids is 1. The zero-order valence-corrected chi connectivity index (χ0v) is 22.7. The summed E-state index contributed by atoms with van der Waals surface area (Å²) in [5.41, 5.74) is -0.0872. The molecule has 41 heavy (non-hydrogen) atoms. The van der Waals surface area contributed by atoms with Gasteiger partial charge in [0.25, 0.3) is 5.56 Å². The number of ether oxygens (including phenoxy) is 1. The topological polar surface area (TPSA) is 137 Å². The maximum absolute atomic E-state index is 13.1. The van der Waals surface area contributed by atoms with Gasteiger partial charge in [0.05, 0.1) is 29.1 Å². The first-order valence-electron chi connectivity index (χ1n) is 11.6. The number of alkyl halides is 3. The Morgan fingerprint density at radius 2 is 1.93 bits per heavy atom. The van der Waals surface area contributed by atoms with E-state index in [1.807, 2.05) is 6.07 Å². The molecule has 0 saturated carbocycles. The van der Waals surface area contributed by atoms with Crippen molar-refractivity contribution in [3.63, 3.8) is 0 Å². The molecule has 2 amide bonds. The molecule has 0 spiro atoms. The fourth-order valence-electron chi connectivity index (χ4n) is 3.62. The van der Waals surface area contributed by atoms with Crippen molar-refractivity contribution in [2.24, 2.45) is 5.84 Å². The van der Waals surface area contributed by atoms with Crippen LogP contribution in [0.3, 0.4) is 0 Å². The van der Waals surface area contributed by atoms with Crippen LogP contribution in [0.25, 0.3) is 11.3 Å². The lowest BCUT2D eigenvalue weighted by molar-refractivity contribution is -0.137. The lowest BCUT2D eigenvalue weighted by atomic mass is 10.1. The number of nitrogens with two attached hydrogens (primary N) is 1. The number of anilines is 2. The third kappa shape index (κ3) is 6.98. The van der Waals surface area contributed by atoms with Gasteiger partial charge < -0.3 is 15.0 Å². The van der Waals surface area contributed by atoms with Crippen molar-refractivity contribution in [2.75, 3.05) is 17.4 Å². The van der Waals surface area contributed by atoms with E-state index in [1.165, 1.54) is 24.9 Å². The van der Waals surface area contributed by atoms with Crippen LogP contribution in [0.15, 0.2) is 76.7 Å². The minimum atomic E-state index is -4.71. The minimum absolute atomic E-state index is 0.120. The third-order valence-corrected chi connectivity index (χ3v) is 6.96. The van der Waals surface area contributed by atoms with Crippen molar-refractivity contribution in [1.82, 2.24) is 9.97 Å². The maximum atomic E-state index is 13.1. The minimum Gasteiger partial charge on any atom is -0.497 e. The average Bonchev–Trinajstić information content (AvgIpc) is 2.95. The van der Waals surface area contributed by atoms with E-state index >= 15 is 0 Å². The Bertz CT molecular complexity index is 1690. The maximum Gasteiger partial charge on any atom is 0.417 e. The SMILES string of the molecule is COc1cccc(-c2nc(SCc3ccc(NC(=O)N(N)c4ccc(Cl)c(C(F)(F)F)c4)cc3)[nH]c(=O)c2C#N)c1. The van der Waals surface area contributed by atoms with E-state index in [1.54, 1.807) is 48.5 Å². The monoisotopic (exact) mass is 600 g/mol. The van der Waals surface area contributed by atoms with Gasteiger partial charge in [-0.25, -0.2) is 20.6 Å². The van der Waals surface area contributed by atoms with Gasteiger partial charge in [-0.05, 0) is 48.0 Å². The van der Waals surface area contributed by atoms with Crippen LogP contribution in [0.4, 0.5) is 29.3 Å². The van der Waals surface area contributed by atoms with Crippen LogP contribution in [0.2, 0.25) is 5.02 Å². The summed E-state index contributed by atoms with van der Waals surface area (Å²) in [6.07, 6.45) is -4.71. The Balaban J connectivity index is 1.44. The highest BCUT2D eigenvalue weighted by atomic mass is 35.5. The number of rotatable bonds is 7. The molecule has 9 nitrogen and oxygen atoms in total. The van der Waals surface area contributed by atoms with Gasteiger partial charge in [0.2, 0.25) is 0 Å². The highest BCUT2D eigenvalue weighted by Gasteiger charge is 2.34. The molecule has 0 atom stereocenters. The Kier molecular flexibility index (Phi) is 8.87. The van der Waals surface area contributed by atoms with Crippen LogP contribution in [-0.4, -0.2) is 23.1 Å². The Hall–Kier alpha value is -4.51. The highest BCUT2D eigenvalue weighted by molar-refractivity contribution is 7.98. The molecule has 0 unspecified atom stereocenters. The molecule has 14 heteroatoms. The number of methoxy groups -OCH3 is 1. The summed E-state index contributed by atoms with van der Waals surface area (Å²) >= 11 is 6.85. The molecule has 0 bridgehead atoms. The summed E-state index contributed by atoms with van der Waals surface area (Å²) in [7, 11) is 1.51. The van der Waals surface area contributed by atoms with Gasteiger partial charge in [-0.1, -0.05) is 47.6 Å². The van der Waals surface area contributed by atoms with E-state index < -0.39 is 28.4 Å². The molecule has 4 aromatic rings. The van der Waals surface area contributed by atoms with Crippen molar-refractivity contribution >= 4 is 40.8 Å². The number of urea groups is 1. The van der Waals surface area contributed by atoms with Gasteiger partial charge in [0, 0.05) is 17.0 Å². The number of aromatic nitrogens is 2. The van der Waals surface area contributed by atoms with Crippen molar-refractivity contribution < 1.29 is 22.7 Å². The number of nitriles is 1. The molecule has 4 rings (SSSR count). The van der Waals surface area contributed by atoms with E-state index in [-0.39, 0.29) is 16.9 Å². The summed E-state index contributed by atoms with van der Waals surface area (Å²) < 4.78 is 44.7. The number of thioether (sulfide) groups is 1. The van der Waals surface area contributed by atoms with E-state index in [9.17, 15) is 28.0 Å². The zero-order valence-electron chi connectivity index (χ0n) is 21.1. The Labute approximate surface area is 240 Å². The fraction of sp³-hybridized carbons (Fsp3) is 0.111. The largest absolute Gasteiger partial charge is 0.497 e. The summed E-state index contributed by atoms with van der Waals surface area (Å²) in [5, 5.41) is 12.3. The molecule has 0 aliphatic rings. The summed E-state index contributed by atoms with van der Waals surface area (Å²) in [6.45, 7) is 0. The molecule has 3 aromatic carbocycles. The first-order chi connectivity index (χ1) is 19.5. The number of hydrazine groups is 1. The Morgan fingerprint density at radius 3 is 2.59 bits per heavy atom. The van der Waals surface area contributed by atoms with Gasteiger partial charge in [0.1, 0.15) is 17.4 Å². The van der Waals surface area contributed by atoms with Gasteiger partial charge in [-0.15, -0.1) is 0 Å². The van der Waals surface area contributed by atoms with Crippen molar-refractivity contribution in [3.05, 3.63) is 98.8 Å². The molecule has 0 saturated heterocycles. The van der Waals surface area contributed by atoms with Gasteiger partial charge in [-0.2, -0.15) is 18.4 Å². The highest BCUT2D eigenvalue weighted by Crippen LogP contribution is 2.36. The Morgan fingerprint density at radius 1 is 1.20 bits per heavy atom. The fourth-order valence-corrected chi connectivity index (χ4v) is 4.66. The number of benzene rings is 3. The molecule has 210 valence electrons. The average molecular weight is 601 g/mol. The number of H-pyrrole nitrogens is 1. The number of aromatic amines is 1. The van der Waals surface area contributed by atoms with E-state index in [0.717, 1.165) is 11.6 Å². The van der Waals surface area contributed by atoms with Gasteiger partial charge in [-0.3, -0.25) is 4.79 Å². The second-order valence-corrected chi connectivity index (χ2v) is 9.76. The van der Waals surface area contributed by atoms with Crippen LogP contribution in [0, 0.1) is 11.3 Å². The number of hydrogen-bond donors (Lipinski definition) is 3. The normalized spacial score (nSPS) is 11.0. The second-order valence-electron chi connectivity index (χ2n) is 8.39. The molecule has 0 aliphatic heterocycles. The molecular weight excluding hydrogens is 581 g/mol. The smallest absolute Gasteiger partial charge is 0.417 e. The van der Waals surface area contributed by atoms with Crippen molar-refractivity contribution in [3.8, 4) is 23.1 Å². The molecule has 1 aromatic heterocycles. The third-order valence-electron chi connectivity index (χ3n) is 5.69. The van der Waals surface area contributed by atoms with E-state index in [4.69, 9.17) is 22.2 Å². The number of nitrogens with zero attached hydrogens (tertiary/aromatic N) is 3. The van der Waals surface area contributed by atoms with Crippen molar-refractivity contribution in [1.29, 1.82) is 5.26 Å². The molecule has 1 heterocycles. The predicted molar refractivity (Wildman–Crippen MR) is 150 cm³/mol. The molecule has 0 radical (unpaired) electrons. The molecule has 0 aliphatic carbocycles. The number of amides is 2. The van der Waals surface area contributed by atoms with Crippen LogP contribution < -0.4 is 26.5 Å². The van der Waals surface area contributed by atoms with Gasteiger partial charge in [0.15, 0.2) is 5.16 Å².